The van der Waals surface area contributed by atoms with E-state index < -0.39 is 0 Å². The average molecular weight is 225 g/mol. The van der Waals surface area contributed by atoms with Crippen LogP contribution >= 0.6 is 0 Å². The first kappa shape index (κ1) is 11.5. The first-order chi connectivity index (χ1) is 7.81. The number of hydrogen-bond acceptors (Lipinski definition) is 4. The minimum Gasteiger partial charge on any atom is -0.392 e. The summed E-state index contributed by atoms with van der Waals surface area (Å²) in [5.41, 5.74) is 0. The van der Waals surface area contributed by atoms with Crippen molar-refractivity contribution in [3.63, 3.8) is 0 Å². The van der Waals surface area contributed by atoms with Gasteiger partial charge in [0.2, 0.25) is 0 Å². The second kappa shape index (κ2) is 5.41. The van der Waals surface area contributed by atoms with Crippen LogP contribution in [0.15, 0.2) is 6.33 Å². The minimum atomic E-state index is -0.366. The fraction of sp³-hybridized carbons (Fsp3) is 0.818. The van der Waals surface area contributed by atoms with Gasteiger partial charge in [-0.25, -0.2) is 4.98 Å². The Balaban J connectivity index is 1.93. The Morgan fingerprint density at radius 2 is 2.56 bits per heavy atom. The molecule has 1 aliphatic heterocycles. The molecule has 5 heteroatoms. The summed E-state index contributed by atoms with van der Waals surface area (Å²) < 4.78 is 7.20. The van der Waals surface area contributed by atoms with Crippen molar-refractivity contribution in [1.82, 2.24) is 14.8 Å². The Hall–Kier alpha value is -0.940. The van der Waals surface area contributed by atoms with E-state index >= 15 is 0 Å². The zero-order valence-electron chi connectivity index (χ0n) is 9.67. The second-order valence-electron chi connectivity index (χ2n) is 4.24. The summed E-state index contributed by atoms with van der Waals surface area (Å²) in [6.07, 6.45) is 3.84. The standard InChI is InChI=1S/C11H19N3O2/c1-2-14-11(12-8-13-14)6-10(15)9-4-3-5-16-7-9/h8-10,15H,2-7H2,1H3. The van der Waals surface area contributed by atoms with E-state index in [1.54, 1.807) is 6.33 Å². The maximum atomic E-state index is 10.1. The fourth-order valence-corrected chi connectivity index (χ4v) is 2.13. The van der Waals surface area contributed by atoms with E-state index in [9.17, 15) is 5.11 Å². The zero-order chi connectivity index (χ0) is 11.4. The molecule has 1 saturated heterocycles. The lowest BCUT2D eigenvalue weighted by Gasteiger charge is -2.26. The Labute approximate surface area is 95.4 Å². The van der Waals surface area contributed by atoms with Crippen LogP contribution in [0.4, 0.5) is 0 Å². The van der Waals surface area contributed by atoms with E-state index in [2.05, 4.69) is 10.1 Å². The van der Waals surface area contributed by atoms with Crippen LogP contribution in [-0.4, -0.2) is 39.2 Å². The van der Waals surface area contributed by atoms with Crippen LogP contribution in [0.2, 0.25) is 0 Å². The summed E-state index contributed by atoms with van der Waals surface area (Å²) in [5.74, 6) is 1.11. The van der Waals surface area contributed by atoms with Crippen LogP contribution in [0, 0.1) is 5.92 Å². The highest BCUT2D eigenvalue weighted by Crippen LogP contribution is 2.19. The molecule has 1 fully saturated rings. The van der Waals surface area contributed by atoms with E-state index in [0.29, 0.717) is 13.0 Å². The first-order valence-electron chi connectivity index (χ1n) is 5.93. The van der Waals surface area contributed by atoms with Crippen molar-refractivity contribution in [2.75, 3.05) is 13.2 Å². The number of rotatable bonds is 4. The summed E-state index contributed by atoms with van der Waals surface area (Å²) in [5, 5.41) is 14.2. The molecule has 1 aliphatic rings. The van der Waals surface area contributed by atoms with Gasteiger partial charge in [0.25, 0.3) is 0 Å². The molecule has 2 heterocycles. The van der Waals surface area contributed by atoms with Gasteiger partial charge in [-0.05, 0) is 19.8 Å². The van der Waals surface area contributed by atoms with Crippen LogP contribution in [0.3, 0.4) is 0 Å². The van der Waals surface area contributed by atoms with E-state index in [1.165, 1.54) is 0 Å². The molecule has 1 N–H and O–H groups in total. The first-order valence-corrected chi connectivity index (χ1v) is 5.93. The lowest BCUT2D eigenvalue weighted by Crippen LogP contribution is -2.31. The predicted molar refractivity (Wildman–Crippen MR) is 58.9 cm³/mol. The number of ether oxygens (including phenoxy) is 1. The van der Waals surface area contributed by atoms with E-state index in [4.69, 9.17) is 4.74 Å². The normalized spacial score (nSPS) is 23.2. The van der Waals surface area contributed by atoms with Crippen molar-refractivity contribution in [3.05, 3.63) is 12.2 Å². The molecule has 0 bridgehead atoms. The summed E-state index contributed by atoms with van der Waals surface area (Å²) in [6.45, 7) is 4.31. The lowest BCUT2D eigenvalue weighted by atomic mass is 9.94. The predicted octanol–water partition coefficient (Wildman–Crippen LogP) is 0.628. The van der Waals surface area contributed by atoms with Gasteiger partial charge in [-0.15, -0.1) is 0 Å². The molecule has 16 heavy (non-hydrogen) atoms. The molecule has 0 aliphatic carbocycles. The maximum absolute atomic E-state index is 10.1. The highest BCUT2D eigenvalue weighted by molar-refractivity contribution is 4.89. The maximum Gasteiger partial charge on any atom is 0.138 e. The highest BCUT2D eigenvalue weighted by atomic mass is 16.5. The summed E-state index contributed by atoms with van der Waals surface area (Å²) in [4.78, 5) is 4.17. The molecule has 5 nitrogen and oxygen atoms in total. The van der Waals surface area contributed by atoms with Gasteiger partial charge in [0, 0.05) is 25.5 Å². The molecule has 90 valence electrons. The van der Waals surface area contributed by atoms with E-state index in [-0.39, 0.29) is 12.0 Å². The quantitative estimate of drug-likeness (QED) is 0.816. The molecular formula is C11H19N3O2. The molecule has 1 aromatic heterocycles. The van der Waals surface area contributed by atoms with Crippen LogP contribution in [-0.2, 0) is 17.7 Å². The Morgan fingerprint density at radius 3 is 3.25 bits per heavy atom. The van der Waals surface area contributed by atoms with Gasteiger partial charge in [0.1, 0.15) is 12.2 Å². The molecule has 2 atom stereocenters. The summed E-state index contributed by atoms with van der Waals surface area (Å²) in [7, 11) is 0. The lowest BCUT2D eigenvalue weighted by molar-refractivity contribution is -0.00945. The Bertz CT molecular complexity index is 321. The fourth-order valence-electron chi connectivity index (χ4n) is 2.13. The third-order valence-corrected chi connectivity index (χ3v) is 3.13. The van der Waals surface area contributed by atoms with Crippen molar-refractivity contribution in [2.45, 2.75) is 38.8 Å². The van der Waals surface area contributed by atoms with Gasteiger partial charge in [0.05, 0.1) is 12.7 Å². The monoisotopic (exact) mass is 225 g/mol. The number of aliphatic hydroxyl groups is 1. The molecule has 0 aromatic carbocycles. The van der Waals surface area contributed by atoms with Crippen LogP contribution in [0.1, 0.15) is 25.6 Å². The number of aromatic nitrogens is 3. The van der Waals surface area contributed by atoms with Gasteiger partial charge in [0.15, 0.2) is 0 Å². The molecule has 0 radical (unpaired) electrons. The smallest absolute Gasteiger partial charge is 0.138 e. The molecule has 0 saturated carbocycles. The summed E-state index contributed by atoms with van der Waals surface area (Å²) >= 11 is 0. The second-order valence-corrected chi connectivity index (χ2v) is 4.24. The van der Waals surface area contributed by atoms with Crippen molar-refractivity contribution in [3.8, 4) is 0 Å². The van der Waals surface area contributed by atoms with Gasteiger partial charge >= 0.3 is 0 Å². The molecule has 2 unspecified atom stereocenters. The molecule has 0 spiro atoms. The summed E-state index contributed by atoms with van der Waals surface area (Å²) in [6, 6.07) is 0. The third kappa shape index (κ3) is 2.59. The van der Waals surface area contributed by atoms with Crippen molar-refractivity contribution >= 4 is 0 Å². The van der Waals surface area contributed by atoms with Crippen molar-refractivity contribution in [2.24, 2.45) is 5.92 Å². The molecule has 0 amide bonds. The van der Waals surface area contributed by atoms with Gasteiger partial charge in [-0.3, -0.25) is 4.68 Å². The number of aryl methyl sites for hydroxylation is 1. The number of hydrogen-bond donors (Lipinski definition) is 1. The molecule has 2 rings (SSSR count). The molecular weight excluding hydrogens is 206 g/mol. The van der Waals surface area contributed by atoms with Crippen molar-refractivity contribution < 1.29 is 9.84 Å². The van der Waals surface area contributed by atoms with Crippen LogP contribution < -0.4 is 0 Å². The number of aliphatic hydroxyl groups excluding tert-OH is 1. The SMILES string of the molecule is CCn1ncnc1CC(O)C1CCCOC1. The number of nitrogens with zero attached hydrogens (tertiary/aromatic N) is 3. The van der Waals surface area contributed by atoms with Crippen molar-refractivity contribution in [1.29, 1.82) is 0 Å². The Kier molecular flexibility index (Phi) is 3.90. The zero-order valence-corrected chi connectivity index (χ0v) is 9.67. The Morgan fingerprint density at radius 1 is 1.69 bits per heavy atom. The third-order valence-electron chi connectivity index (χ3n) is 3.13. The largest absolute Gasteiger partial charge is 0.392 e. The molecule has 1 aromatic rings. The topological polar surface area (TPSA) is 60.2 Å². The van der Waals surface area contributed by atoms with Gasteiger partial charge in [-0.1, -0.05) is 0 Å². The van der Waals surface area contributed by atoms with Crippen LogP contribution in [0.25, 0.3) is 0 Å². The van der Waals surface area contributed by atoms with E-state index in [0.717, 1.165) is 31.8 Å². The van der Waals surface area contributed by atoms with E-state index in [1.807, 2.05) is 11.6 Å². The highest BCUT2D eigenvalue weighted by Gasteiger charge is 2.23. The van der Waals surface area contributed by atoms with Gasteiger partial charge < -0.3 is 9.84 Å². The minimum absolute atomic E-state index is 0.246. The van der Waals surface area contributed by atoms with Gasteiger partial charge in [-0.2, -0.15) is 5.10 Å². The average Bonchev–Trinajstić information content (AvgIpc) is 2.77. The van der Waals surface area contributed by atoms with Crippen LogP contribution in [0.5, 0.6) is 0 Å².